The summed E-state index contributed by atoms with van der Waals surface area (Å²) in [6.07, 6.45) is 6.62. The van der Waals surface area contributed by atoms with Gasteiger partial charge in [0, 0.05) is 37.6 Å². The molecule has 1 aromatic carbocycles. The Kier molecular flexibility index (Phi) is 3.76. The number of fused-ring (bicyclic) bond motifs is 1. The number of aryl methyl sites for hydroxylation is 1. The second kappa shape index (κ2) is 5.94. The van der Waals surface area contributed by atoms with Gasteiger partial charge < -0.3 is 10.1 Å². The molecule has 0 radical (unpaired) electrons. The van der Waals surface area contributed by atoms with Crippen molar-refractivity contribution in [1.29, 1.82) is 0 Å². The molecule has 4 rings (SSSR count). The zero-order chi connectivity index (χ0) is 16.6. The molecule has 2 amide bonds. The second-order valence-corrected chi connectivity index (χ2v) is 6.54. The summed E-state index contributed by atoms with van der Waals surface area (Å²) in [5.74, 6) is 0. The van der Waals surface area contributed by atoms with Crippen molar-refractivity contribution in [3.05, 3.63) is 47.8 Å². The van der Waals surface area contributed by atoms with E-state index in [4.69, 9.17) is 4.74 Å². The van der Waals surface area contributed by atoms with E-state index in [0.717, 1.165) is 43.7 Å². The van der Waals surface area contributed by atoms with E-state index in [0.29, 0.717) is 6.54 Å². The number of nitrogens with zero attached hydrogens (tertiary/aromatic N) is 3. The van der Waals surface area contributed by atoms with Crippen LogP contribution < -0.4 is 10.2 Å². The number of hydrogen-bond acceptors (Lipinski definition) is 3. The SMILES string of the molecule is Cn1cc(C2(CNC(=O)N3CCc4ccccc43)CCCO2)cn1. The Morgan fingerprint density at radius 3 is 3.04 bits per heavy atom. The average Bonchev–Trinajstić information content (AvgIpc) is 3.32. The van der Waals surface area contributed by atoms with Crippen molar-refractivity contribution in [2.24, 2.45) is 7.05 Å². The molecule has 1 aromatic heterocycles. The van der Waals surface area contributed by atoms with Crippen LogP contribution in [-0.4, -0.2) is 35.5 Å². The molecule has 2 aliphatic heterocycles. The topological polar surface area (TPSA) is 59.4 Å². The number of para-hydroxylation sites is 1. The Bertz CT molecular complexity index is 749. The van der Waals surface area contributed by atoms with E-state index in [1.165, 1.54) is 5.56 Å². The van der Waals surface area contributed by atoms with E-state index in [2.05, 4.69) is 16.5 Å². The first kappa shape index (κ1) is 15.2. The number of rotatable bonds is 3. The van der Waals surface area contributed by atoms with Crippen molar-refractivity contribution < 1.29 is 9.53 Å². The monoisotopic (exact) mass is 326 g/mol. The van der Waals surface area contributed by atoms with Crippen molar-refractivity contribution in [3.8, 4) is 0 Å². The maximum Gasteiger partial charge on any atom is 0.322 e. The van der Waals surface area contributed by atoms with Gasteiger partial charge in [0.05, 0.1) is 12.7 Å². The van der Waals surface area contributed by atoms with Gasteiger partial charge in [-0.3, -0.25) is 9.58 Å². The van der Waals surface area contributed by atoms with Crippen LogP contribution >= 0.6 is 0 Å². The van der Waals surface area contributed by atoms with Gasteiger partial charge in [-0.1, -0.05) is 18.2 Å². The number of carbonyl (C=O) groups excluding carboxylic acids is 1. The summed E-state index contributed by atoms with van der Waals surface area (Å²) >= 11 is 0. The van der Waals surface area contributed by atoms with Crippen LogP contribution in [0.15, 0.2) is 36.7 Å². The Labute approximate surface area is 141 Å². The van der Waals surface area contributed by atoms with Gasteiger partial charge in [0.2, 0.25) is 0 Å². The van der Waals surface area contributed by atoms with Crippen molar-refractivity contribution in [2.75, 3.05) is 24.6 Å². The minimum Gasteiger partial charge on any atom is -0.368 e. The van der Waals surface area contributed by atoms with Gasteiger partial charge in [0.25, 0.3) is 0 Å². The molecule has 3 heterocycles. The van der Waals surface area contributed by atoms with Crippen LogP contribution in [0.2, 0.25) is 0 Å². The highest BCUT2D eigenvalue weighted by Gasteiger charge is 2.39. The van der Waals surface area contributed by atoms with Gasteiger partial charge in [0.15, 0.2) is 0 Å². The highest BCUT2D eigenvalue weighted by Crippen LogP contribution is 2.35. The molecule has 0 aliphatic carbocycles. The maximum absolute atomic E-state index is 12.7. The van der Waals surface area contributed by atoms with Crippen LogP contribution in [0.5, 0.6) is 0 Å². The van der Waals surface area contributed by atoms with E-state index in [1.54, 1.807) is 4.68 Å². The number of carbonyl (C=O) groups is 1. The number of anilines is 1. The summed E-state index contributed by atoms with van der Waals surface area (Å²) in [6, 6.07) is 8.02. The van der Waals surface area contributed by atoms with E-state index < -0.39 is 5.60 Å². The number of amides is 2. The number of ether oxygens (including phenoxy) is 1. The lowest BCUT2D eigenvalue weighted by Gasteiger charge is -2.29. The molecule has 126 valence electrons. The number of aromatic nitrogens is 2. The van der Waals surface area contributed by atoms with Crippen LogP contribution in [0, 0.1) is 0 Å². The zero-order valence-corrected chi connectivity index (χ0v) is 13.9. The first-order valence-electron chi connectivity index (χ1n) is 8.44. The zero-order valence-electron chi connectivity index (χ0n) is 13.9. The molecule has 2 aliphatic rings. The molecular weight excluding hydrogens is 304 g/mol. The van der Waals surface area contributed by atoms with Gasteiger partial charge >= 0.3 is 6.03 Å². The van der Waals surface area contributed by atoms with Crippen LogP contribution in [0.1, 0.15) is 24.0 Å². The number of hydrogen-bond donors (Lipinski definition) is 1. The van der Waals surface area contributed by atoms with Gasteiger partial charge in [-0.25, -0.2) is 4.79 Å². The summed E-state index contributed by atoms with van der Waals surface area (Å²) in [4.78, 5) is 14.5. The molecule has 1 atom stereocenters. The maximum atomic E-state index is 12.7. The fourth-order valence-electron chi connectivity index (χ4n) is 3.69. The quantitative estimate of drug-likeness (QED) is 0.941. The Morgan fingerprint density at radius 1 is 1.42 bits per heavy atom. The molecule has 0 spiro atoms. The highest BCUT2D eigenvalue weighted by atomic mass is 16.5. The summed E-state index contributed by atoms with van der Waals surface area (Å²) < 4.78 is 7.81. The Balaban J connectivity index is 1.48. The van der Waals surface area contributed by atoms with Crippen molar-refractivity contribution in [2.45, 2.75) is 24.9 Å². The number of benzene rings is 1. The fourth-order valence-corrected chi connectivity index (χ4v) is 3.69. The molecule has 1 fully saturated rings. The van der Waals surface area contributed by atoms with Crippen molar-refractivity contribution in [1.82, 2.24) is 15.1 Å². The van der Waals surface area contributed by atoms with Gasteiger partial charge in [-0.15, -0.1) is 0 Å². The predicted molar refractivity (Wildman–Crippen MR) is 91.0 cm³/mol. The van der Waals surface area contributed by atoms with Gasteiger partial charge in [0.1, 0.15) is 5.60 Å². The molecule has 0 bridgehead atoms. The third-order valence-electron chi connectivity index (χ3n) is 4.99. The van der Waals surface area contributed by atoms with Crippen LogP contribution in [-0.2, 0) is 23.8 Å². The van der Waals surface area contributed by atoms with Crippen LogP contribution in [0.25, 0.3) is 0 Å². The molecule has 1 N–H and O–H groups in total. The van der Waals surface area contributed by atoms with Crippen LogP contribution in [0.3, 0.4) is 0 Å². The lowest BCUT2D eigenvalue weighted by molar-refractivity contribution is 0.00310. The third kappa shape index (κ3) is 2.57. The van der Waals surface area contributed by atoms with E-state index >= 15 is 0 Å². The predicted octanol–water partition coefficient (Wildman–Crippen LogP) is 2.20. The highest BCUT2D eigenvalue weighted by molar-refractivity contribution is 5.94. The summed E-state index contributed by atoms with van der Waals surface area (Å²) in [6.45, 7) is 1.92. The first-order valence-corrected chi connectivity index (χ1v) is 8.44. The molecule has 6 heteroatoms. The molecule has 6 nitrogen and oxygen atoms in total. The molecule has 0 saturated carbocycles. The first-order chi connectivity index (χ1) is 11.7. The van der Waals surface area contributed by atoms with E-state index in [1.807, 2.05) is 42.5 Å². The smallest absolute Gasteiger partial charge is 0.322 e. The fraction of sp³-hybridized carbons (Fsp3) is 0.444. The summed E-state index contributed by atoms with van der Waals surface area (Å²) in [5.41, 5.74) is 2.82. The van der Waals surface area contributed by atoms with Crippen molar-refractivity contribution in [3.63, 3.8) is 0 Å². The lowest BCUT2D eigenvalue weighted by atomic mass is 9.93. The molecule has 1 saturated heterocycles. The summed E-state index contributed by atoms with van der Waals surface area (Å²) in [7, 11) is 1.89. The van der Waals surface area contributed by atoms with E-state index in [-0.39, 0.29) is 6.03 Å². The Morgan fingerprint density at radius 2 is 2.29 bits per heavy atom. The number of nitrogens with one attached hydrogen (secondary N) is 1. The van der Waals surface area contributed by atoms with Gasteiger partial charge in [-0.2, -0.15) is 5.10 Å². The van der Waals surface area contributed by atoms with Crippen molar-refractivity contribution >= 4 is 11.7 Å². The summed E-state index contributed by atoms with van der Waals surface area (Å²) in [5, 5.41) is 7.34. The molecule has 24 heavy (non-hydrogen) atoms. The van der Waals surface area contributed by atoms with E-state index in [9.17, 15) is 4.79 Å². The molecule has 2 aromatic rings. The minimum atomic E-state index is -0.455. The minimum absolute atomic E-state index is 0.0567. The third-order valence-corrected chi connectivity index (χ3v) is 4.99. The molecule has 1 unspecified atom stereocenters. The Hall–Kier alpha value is -2.34. The number of urea groups is 1. The molecular formula is C18H22N4O2. The normalized spacial score (nSPS) is 22.6. The average molecular weight is 326 g/mol. The second-order valence-electron chi connectivity index (χ2n) is 6.54. The van der Waals surface area contributed by atoms with Gasteiger partial charge in [-0.05, 0) is 30.9 Å². The largest absolute Gasteiger partial charge is 0.368 e. The van der Waals surface area contributed by atoms with Crippen LogP contribution in [0.4, 0.5) is 10.5 Å². The lowest BCUT2D eigenvalue weighted by Crippen LogP contribution is -2.46. The standard InChI is InChI=1S/C18H22N4O2/c1-21-12-15(11-20-21)18(8-4-10-24-18)13-19-17(23)22-9-7-14-5-2-3-6-16(14)22/h2-3,5-6,11-12H,4,7-10,13H2,1H3,(H,19,23).